The van der Waals surface area contributed by atoms with E-state index in [1.807, 2.05) is 0 Å². The van der Waals surface area contributed by atoms with Crippen LogP contribution in [0.15, 0.2) is 48.5 Å². The van der Waals surface area contributed by atoms with Gasteiger partial charge in [0.2, 0.25) is 0 Å². The summed E-state index contributed by atoms with van der Waals surface area (Å²) in [6.45, 7) is -0.138. The molecular formula is C27H27F2N5O8. The number of carboxylic acid groups (broad SMARTS) is 1. The number of H-pyrrole nitrogens is 1. The predicted octanol–water partition coefficient (Wildman–Crippen LogP) is 1.77. The van der Waals surface area contributed by atoms with Crippen molar-refractivity contribution in [1.29, 1.82) is 0 Å². The first-order valence-corrected chi connectivity index (χ1v) is 12.6. The second-order valence-corrected chi connectivity index (χ2v) is 9.14. The molecule has 1 aromatic heterocycles. The zero-order valence-electron chi connectivity index (χ0n) is 22.2. The van der Waals surface area contributed by atoms with Gasteiger partial charge in [0.15, 0.2) is 23.8 Å². The second-order valence-electron chi connectivity index (χ2n) is 9.14. The average molecular weight is 588 g/mol. The van der Waals surface area contributed by atoms with Gasteiger partial charge in [0, 0.05) is 18.7 Å². The molecule has 2 aromatic carbocycles. The summed E-state index contributed by atoms with van der Waals surface area (Å²) in [4.78, 5) is 48.3. The largest absolute Gasteiger partial charge is 0.493 e. The number of benzene rings is 2. The molecule has 3 aromatic rings. The van der Waals surface area contributed by atoms with Crippen molar-refractivity contribution in [2.45, 2.75) is 25.1 Å². The molecule has 6 rings (SSSR count). The number of halogens is 2. The summed E-state index contributed by atoms with van der Waals surface area (Å²) in [5.74, 6) is -0.362. The Balaban J connectivity index is 0.00000129. The number of methoxy groups -OCH3 is 1. The van der Waals surface area contributed by atoms with Crippen molar-refractivity contribution < 1.29 is 47.3 Å². The molecule has 0 spiro atoms. The van der Waals surface area contributed by atoms with Gasteiger partial charge in [-0.15, -0.1) is 0 Å². The number of aromatic nitrogens is 2. The van der Waals surface area contributed by atoms with Crippen LogP contribution >= 0.6 is 0 Å². The molecule has 1 saturated heterocycles. The van der Waals surface area contributed by atoms with Crippen LogP contribution in [0.1, 0.15) is 38.5 Å². The maximum atomic E-state index is 13.2. The SMILES string of the molecule is COc1ccc2cc1OCC(=O)NCc1ccc(cc1)O[C@H]1CN(C(=O)c3cc(C(F)F)[nH]n3)C[C@@H]1NC2=O.O=CO. The lowest BCUT2D eigenvalue weighted by atomic mass is 10.1. The fourth-order valence-electron chi connectivity index (χ4n) is 4.36. The number of ether oxygens (including phenoxy) is 3. The number of likely N-dealkylation sites (tertiary alicyclic amines) is 1. The number of rotatable bonds is 3. The molecule has 4 bridgehead atoms. The monoisotopic (exact) mass is 587 g/mol. The number of nitrogens with zero attached hydrogens (tertiary/aromatic N) is 2. The van der Waals surface area contributed by atoms with Gasteiger partial charge in [-0.05, 0) is 42.0 Å². The molecule has 15 heteroatoms. The van der Waals surface area contributed by atoms with Gasteiger partial charge in [0.05, 0.1) is 19.7 Å². The van der Waals surface area contributed by atoms with Crippen LogP contribution < -0.4 is 24.8 Å². The standard InChI is InChI=1S/C26H25F2N5O6.CH2O2/c1-37-20-7-4-15-8-21(20)38-13-23(34)29-10-14-2-5-16(6-3-14)39-22-12-33(11-19(22)30-25(15)35)26(36)18-9-17(24(27)28)31-32-18;2-1-3/h2-9,19,22,24H,10-13H2,1H3,(H,29,34)(H,30,35)(H,31,32);1H,(H,2,3)/t19-,22-;/m0./s1. The van der Waals surface area contributed by atoms with Crippen LogP contribution in [-0.4, -0.2) is 83.3 Å². The van der Waals surface area contributed by atoms with Crippen molar-refractivity contribution in [3.63, 3.8) is 0 Å². The van der Waals surface area contributed by atoms with E-state index in [4.69, 9.17) is 24.1 Å². The van der Waals surface area contributed by atoms with Gasteiger partial charge in [-0.1, -0.05) is 12.1 Å². The topological polar surface area (TPSA) is 172 Å². The van der Waals surface area contributed by atoms with Crippen LogP contribution in [0.2, 0.25) is 0 Å². The van der Waals surface area contributed by atoms with Crippen LogP contribution in [0.5, 0.6) is 17.2 Å². The Morgan fingerprint density at radius 1 is 1.17 bits per heavy atom. The highest BCUT2D eigenvalue weighted by atomic mass is 19.3. The summed E-state index contributed by atoms with van der Waals surface area (Å²) < 4.78 is 43.1. The van der Waals surface area contributed by atoms with Crippen LogP contribution in [-0.2, 0) is 16.1 Å². The zero-order valence-corrected chi connectivity index (χ0v) is 22.2. The minimum absolute atomic E-state index is 0.0577. The number of hydrogen-bond acceptors (Lipinski definition) is 8. The maximum absolute atomic E-state index is 13.2. The number of nitrogens with one attached hydrogen (secondary N) is 3. The van der Waals surface area contributed by atoms with Crippen molar-refractivity contribution in [2.24, 2.45) is 0 Å². The minimum atomic E-state index is -2.80. The molecule has 3 amide bonds. The van der Waals surface area contributed by atoms with Crippen LogP contribution in [0.3, 0.4) is 0 Å². The molecular weight excluding hydrogens is 560 g/mol. The Kier molecular flexibility index (Phi) is 9.52. The highest BCUT2D eigenvalue weighted by Crippen LogP contribution is 2.29. The van der Waals surface area contributed by atoms with E-state index in [0.29, 0.717) is 11.5 Å². The molecule has 42 heavy (non-hydrogen) atoms. The summed E-state index contributed by atoms with van der Waals surface area (Å²) in [6.07, 6.45) is -3.45. The number of carbonyl (C=O) groups excluding carboxylic acids is 3. The van der Waals surface area contributed by atoms with E-state index >= 15 is 0 Å². The van der Waals surface area contributed by atoms with Gasteiger partial charge < -0.3 is 34.9 Å². The lowest BCUT2D eigenvalue weighted by Crippen LogP contribution is -2.45. The normalized spacial score (nSPS) is 18.3. The predicted molar refractivity (Wildman–Crippen MR) is 141 cm³/mol. The van der Waals surface area contributed by atoms with Gasteiger partial charge in [-0.3, -0.25) is 24.3 Å². The quantitative estimate of drug-likeness (QED) is 0.333. The Hall–Kier alpha value is -5.21. The van der Waals surface area contributed by atoms with E-state index in [1.165, 1.54) is 24.1 Å². The smallest absolute Gasteiger partial charge is 0.290 e. The summed E-state index contributed by atoms with van der Waals surface area (Å²) in [5.41, 5.74) is 0.434. The zero-order chi connectivity index (χ0) is 30.2. The highest BCUT2D eigenvalue weighted by molar-refractivity contribution is 5.96. The van der Waals surface area contributed by atoms with Crippen molar-refractivity contribution in [1.82, 2.24) is 25.7 Å². The fourth-order valence-corrected chi connectivity index (χ4v) is 4.36. The molecule has 0 aliphatic carbocycles. The summed E-state index contributed by atoms with van der Waals surface area (Å²) in [5, 5.41) is 18.4. The van der Waals surface area contributed by atoms with Crippen molar-refractivity contribution in [3.8, 4) is 17.2 Å². The number of amides is 3. The summed E-state index contributed by atoms with van der Waals surface area (Å²) in [7, 11) is 1.44. The van der Waals surface area contributed by atoms with E-state index in [0.717, 1.165) is 11.6 Å². The van der Waals surface area contributed by atoms with Crippen LogP contribution in [0, 0.1) is 0 Å². The number of fused-ring (bicyclic) bond motifs is 7. The van der Waals surface area contributed by atoms with Crippen molar-refractivity contribution in [2.75, 3.05) is 26.8 Å². The average Bonchev–Trinajstić information content (AvgIpc) is 3.63. The minimum Gasteiger partial charge on any atom is -0.493 e. The third kappa shape index (κ3) is 7.10. The van der Waals surface area contributed by atoms with Gasteiger partial charge in [-0.2, -0.15) is 5.10 Å². The van der Waals surface area contributed by atoms with E-state index in [9.17, 15) is 23.2 Å². The molecule has 0 radical (unpaired) electrons. The molecule has 0 saturated carbocycles. The van der Waals surface area contributed by atoms with Crippen LogP contribution in [0.4, 0.5) is 8.78 Å². The summed E-state index contributed by atoms with van der Waals surface area (Å²) >= 11 is 0. The Morgan fingerprint density at radius 2 is 1.90 bits per heavy atom. The molecule has 13 nitrogen and oxygen atoms in total. The number of aromatic amines is 1. The van der Waals surface area contributed by atoms with Gasteiger partial charge in [0.25, 0.3) is 30.6 Å². The number of hydrogen-bond donors (Lipinski definition) is 4. The molecule has 222 valence electrons. The third-order valence-corrected chi connectivity index (χ3v) is 6.41. The van der Waals surface area contributed by atoms with Crippen molar-refractivity contribution in [3.05, 3.63) is 71.0 Å². The lowest BCUT2D eigenvalue weighted by Gasteiger charge is -2.21. The first-order chi connectivity index (χ1) is 20.2. The fraction of sp³-hybridized carbons (Fsp3) is 0.296. The molecule has 4 heterocycles. The molecule has 4 N–H and O–H groups in total. The highest BCUT2D eigenvalue weighted by Gasteiger charge is 2.39. The molecule has 3 aliphatic heterocycles. The molecule has 0 unspecified atom stereocenters. The van der Waals surface area contributed by atoms with Gasteiger partial charge in [-0.25, -0.2) is 8.78 Å². The molecule has 3 aliphatic rings. The second kappa shape index (κ2) is 13.4. The Morgan fingerprint density at radius 3 is 2.57 bits per heavy atom. The van der Waals surface area contributed by atoms with E-state index in [1.54, 1.807) is 30.3 Å². The third-order valence-electron chi connectivity index (χ3n) is 6.41. The molecule has 1 fully saturated rings. The number of alkyl halides is 2. The Bertz CT molecular complexity index is 1430. The number of carbonyl (C=O) groups is 4. The maximum Gasteiger partial charge on any atom is 0.290 e. The lowest BCUT2D eigenvalue weighted by molar-refractivity contribution is -0.123. The van der Waals surface area contributed by atoms with Crippen molar-refractivity contribution >= 4 is 24.2 Å². The van der Waals surface area contributed by atoms with E-state index < -0.39 is 36.1 Å². The van der Waals surface area contributed by atoms with E-state index in [-0.39, 0.29) is 55.6 Å². The van der Waals surface area contributed by atoms with E-state index in [2.05, 4.69) is 20.8 Å². The van der Waals surface area contributed by atoms with Gasteiger partial charge in [0.1, 0.15) is 17.5 Å². The first-order valence-electron chi connectivity index (χ1n) is 12.6. The van der Waals surface area contributed by atoms with Gasteiger partial charge >= 0.3 is 0 Å². The van der Waals surface area contributed by atoms with Crippen LogP contribution in [0.25, 0.3) is 0 Å². The molecule has 2 atom stereocenters. The summed E-state index contributed by atoms with van der Waals surface area (Å²) in [6, 6.07) is 11.9. The Labute approximate surface area is 237 Å². The first kappa shape index (κ1) is 29.8.